The van der Waals surface area contributed by atoms with Crippen LogP contribution in [0.1, 0.15) is 47.4 Å². The van der Waals surface area contributed by atoms with Crippen molar-refractivity contribution in [2.24, 2.45) is 0 Å². The molecule has 30 heavy (non-hydrogen) atoms. The number of alkyl halides is 2. The van der Waals surface area contributed by atoms with E-state index in [1.54, 1.807) is 42.5 Å². The molecule has 0 saturated carbocycles. The summed E-state index contributed by atoms with van der Waals surface area (Å²) in [6.07, 6.45) is -0.875. The number of hydrogen-bond acceptors (Lipinski definition) is 3. The van der Waals surface area contributed by atoms with Crippen LogP contribution >= 0.6 is 0 Å². The maximum absolute atomic E-state index is 14.4. The van der Waals surface area contributed by atoms with Gasteiger partial charge in [0.1, 0.15) is 6.29 Å². The normalized spacial score (nSPS) is 13.3. The van der Waals surface area contributed by atoms with E-state index in [-0.39, 0.29) is 11.7 Å². The maximum atomic E-state index is 14.4. The first kappa shape index (κ1) is 21.5. The summed E-state index contributed by atoms with van der Waals surface area (Å²) in [4.78, 5) is 11.2. The summed E-state index contributed by atoms with van der Waals surface area (Å²) >= 11 is 0. The topological polar surface area (TPSA) is 35.5 Å². The molecule has 3 nitrogen and oxygen atoms in total. The smallest absolute Gasteiger partial charge is 0.285 e. The molecule has 3 aromatic carbocycles. The maximum Gasteiger partial charge on any atom is 0.285 e. The van der Waals surface area contributed by atoms with Crippen LogP contribution in [0.3, 0.4) is 0 Å². The number of benzene rings is 3. The molecule has 0 fully saturated rings. The molecule has 0 aliphatic rings. The lowest BCUT2D eigenvalue weighted by Gasteiger charge is -2.26. The number of aldehydes is 1. The minimum absolute atomic E-state index is 0.0855. The number of hydrogen-bond donors (Lipinski definition) is 0. The van der Waals surface area contributed by atoms with Crippen LogP contribution in [0.2, 0.25) is 0 Å². The Kier molecular flexibility index (Phi) is 6.83. The zero-order chi connectivity index (χ0) is 21.6. The van der Waals surface area contributed by atoms with Gasteiger partial charge in [-0.2, -0.15) is 0 Å². The van der Waals surface area contributed by atoms with Crippen LogP contribution < -0.4 is 9.47 Å². The fraction of sp³-hybridized carbons (Fsp3) is 0.240. The van der Waals surface area contributed by atoms with Gasteiger partial charge in [-0.05, 0) is 29.3 Å². The van der Waals surface area contributed by atoms with E-state index in [0.717, 1.165) is 12.5 Å². The van der Waals surface area contributed by atoms with Crippen LogP contribution in [0.5, 0.6) is 11.5 Å². The van der Waals surface area contributed by atoms with Gasteiger partial charge in [-0.25, -0.2) is 8.78 Å². The summed E-state index contributed by atoms with van der Waals surface area (Å²) in [5.41, 5.74) is 1.76. The molecule has 0 N–H and O–H groups in total. The molecule has 0 heterocycles. The Labute approximate surface area is 175 Å². The van der Waals surface area contributed by atoms with E-state index < -0.39 is 12.0 Å². The Morgan fingerprint density at radius 1 is 0.900 bits per heavy atom. The van der Waals surface area contributed by atoms with Crippen LogP contribution in [-0.4, -0.2) is 18.8 Å². The third kappa shape index (κ3) is 5.44. The second-order valence-corrected chi connectivity index (χ2v) is 7.31. The second-order valence-electron chi connectivity index (χ2n) is 7.31. The van der Waals surface area contributed by atoms with Crippen molar-refractivity contribution in [3.8, 4) is 11.5 Å². The molecule has 3 rings (SSSR count). The molecule has 2 atom stereocenters. The van der Waals surface area contributed by atoms with Gasteiger partial charge in [0.2, 0.25) is 0 Å². The van der Waals surface area contributed by atoms with Crippen LogP contribution in [0.25, 0.3) is 0 Å². The Balaban J connectivity index is 1.86. The summed E-state index contributed by atoms with van der Waals surface area (Å²) in [5, 5.41) is 0. The first-order valence-corrected chi connectivity index (χ1v) is 9.75. The van der Waals surface area contributed by atoms with Crippen LogP contribution in [0.15, 0.2) is 78.9 Å². The first-order chi connectivity index (χ1) is 14.4. The van der Waals surface area contributed by atoms with E-state index in [2.05, 4.69) is 0 Å². The highest BCUT2D eigenvalue weighted by Gasteiger charge is 2.38. The molecule has 156 valence electrons. The van der Waals surface area contributed by atoms with Crippen molar-refractivity contribution >= 4 is 6.29 Å². The van der Waals surface area contributed by atoms with Crippen LogP contribution in [-0.2, 0) is 0 Å². The van der Waals surface area contributed by atoms with Crippen LogP contribution in [0.4, 0.5) is 8.78 Å². The number of ether oxygens (including phenoxy) is 2. The predicted octanol–water partition coefficient (Wildman–Crippen LogP) is 6.46. The van der Waals surface area contributed by atoms with E-state index >= 15 is 0 Å². The quantitative estimate of drug-likeness (QED) is 0.380. The summed E-state index contributed by atoms with van der Waals surface area (Å²) < 4.78 is 40.4. The van der Waals surface area contributed by atoms with E-state index in [9.17, 15) is 13.6 Å². The van der Waals surface area contributed by atoms with E-state index in [1.807, 2.05) is 37.3 Å². The van der Waals surface area contributed by atoms with Crippen molar-refractivity contribution < 1.29 is 23.0 Å². The van der Waals surface area contributed by atoms with Gasteiger partial charge in [0, 0.05) is 18.4 Å². The number of carbonyl (C=O) groups is 1. The van der Waals surface area contributed by atoms with E-state index in [4.69, 9.17) is 9.47 Å². The molecule has 0 amide bonds. The Morgan fingerprint density at radius 2 is 1.50 bits per heavy atom. The summed E-state index contributed by atoms with van der Waals surface area (Å²) in [6.45, 7) is 3.16. The van der Waals surface area contributed by atoms with Gasteiger partial charge in [-0.15, -0.1) is 0 Å². The SMILES string of the molecule is CC(COc1ccc(C=O)cc1O[C@@H](c1ccccc1)C(C)(F)F)c1ccccc1. The fourth-order valence-corrected chi connectivity index (χ4v) is 3.12. The van der Waals surface area contributed by atoms with Gasteiger partial charge in [-0.3, -0.25) is 4.79 Å². The average molecular weight is 410 g/mol. The lowest BCUT2D eigenvalue weighted by molar-refractivity contribution is -0.0833. The van der Waals surface area contributed by atoms with Crippen molar-refractivity contribution in [3.05, 3.63) is 95.6 Å². The molecule has 0 aliphatic carbocycles. The summed E-state index contributed by atoms with van der Waals surface area (Å²) in [7, 11) is 0. The van der Waals surface area contributed by atoms with Gasteiger partial charge < -0.3 is 9.47 Å². The molecule has 0 bridgehead atoms. The van der Waals surface area contributed by atoms with E-state index in [1.165, 1.54) is 6.07 Å². The highest BCUT2D eigenvalue weighted by molar-refractivity contribution is 5.76. The molecule has 1 unspecified atom stereocenters. The third-order valence-corrected chi connectivity index (χ3v) is 4.77. The van der Waals surface area contributed by atoms with E-state index in [0.29, 0.717) is 29.8 Å². The number of rotatable bonds is 9. The molecule has 0 aromatic heterocycles. The van der Waals surface area contributed by atoms with Crippen molar-refractivity contribution in [2.45, 2.75) is 31.8 Å². The predicted molar refractivity (Wildman–Crippen MR) is 113 cm³/mol. The van der Waals surface area contributed by atoms with Crippen LogP contribution in [0, 0.1) is 0 Å². The molecule has 0 radical (unpaired) electrons. The first-order valence-electron chi connectivity index (χ1n) is 9.75. The molecular formula is C25H24F2O3. The Morgan fingerprint density at radius 3 is 2.07 bits per heavy atom. The van der Waals surface area contributed by atoms with Gasteiger partial charge in [-0.1, -0.05) is 67.6 Å². The van der Waals surface area contributed by atoms with Crippen molar-refractivity contribution in [3.63, 3.8) is 0 Å². The van der Waals surface area contributed by atoms with Gasteiger partial charge >= 0.3 is 0 Å². The molecule has 3 aromatic rings. The highest BCUT2D eigenvalue weighted by Crippen LogP contribution is 2.39. The Hall–Kier alpha value is -3.21. The lowest BCUT2D eigenvalue weighted by Crippen LogP contribution is -2.27. The van der Waals surface area contributed by atoms with Crippen molar-refractivity contribution in [1.29, 1.82) is 0 Å². The second kappa shape index (κ2) is 9.53. The summed E-state index contributed by atoms with van der Waals surface area (Å²) in [5.74, 6) is -2.64. The fourth-order valence-electron chi connectivity index (χ4n) is 3.12. The van der Waals surface area contributed by atoms with Gasteiger partial charge in [0.05, 0.1) is 6.61 Å². The minimum atomic E-state index is -3.15. The summed E-state index contributed by atoms with van der Waals surface area (Å²) in [6, 6.07) is 22.7. The monoisotopic (exact) mass is 410 g/mol. The average Bonchev–Trinajstić information content (AvgIpc) is 2.76. The lowest BCUT2D eigenvalue weighted by atomic mass is 10.0. The molecule has 0 aliphatic heterocycles. The number of halogens is 2. The minimum Gasteiger partial charge on any atom is -0.489 e. The molecule has 0 saturated heterocycles. The molecule has 0 spiro atoms. The zero-order valence-corrected chi connectivity index (χ0v) is 16.9. The Bertz CT molecular complexity index is 953. The standard InChI is InChI=1S/C25H24F2O3/c1-18(20-9-5-3-6-10-20)17-29-22-14-13-19(16-28)15-23(22)30-24(25(2,26)27)21-11-7-4-8-12-21/h3-16,18,24H,17H2,1-2H3/t18?,24-/m0/s1. The zero-order valence-electron chi connectivity index (χ0n) is 16.9. The number of carbonyl (C=O) groups excluding carboxylic acids is 1. The molecule has 5 heteroatoms. The third-order valence-electron chi connectivity index (χ3n) is 4.77. The highest BCUT2D eigenvalue weighted by atomic mass is 19.3. The molecular weight excluding hydrogens is 386 g/mol. The van der Waals surface area contributed by atoms with Crippen molar-refractivity contribution in [1.82, 2.24) is 0 Å². The van der Waals surface area contributed by atoms with Gasteiger partial charge in [0.25, 0.3) is 5.92 Å². The largest absolute Gasteiger partial charge is 0.489 e. The van der Waals surface area contributed by atoms with Gasteiger partial charge in [0.15, 0.2) is 17.6 Å². The van der Waals surface area contributed by atoms with Crippen molar-refractivity contribution in [2.75, 3.05) is 6.61 Å².